The average Bonchev–Trinajstić information content (AvgIpc) is 2.15. The first kappa shape index (κ1) is 17.1. The molecule has 1 aromatic carbocycles. The molecule has 17 heavy (non-hydrogen) atoms. The zero-order chi connectivity index (χ0) is 12.5. The largest absolute Gasteiger partial charge is 1.00 e. The summed E-state index contributed by atoms with van der Waals surface area (Å²) in [6.45, 7) is 0. The van der Waals surface area contributed by atoms with Gasteiger partial charge in [0, 0.05) is 5.56 Å². The number of benzene rings is 1. The minimum Gasteiger partial charge on any atom is -0.744 e. The van der Waals surface area contributed by atoms with Crippen LogP contribution in [0.5, 0.6) is 0 Å². The van der Waals surface area contributed by atoms with Crippen LogP contribution in [-0.2, 0) is 10.1 Å². The van der Waals surface area contributed by atoms with Crippen molar-refractivity contribution in [3.05, 3.63) is 29.3 Å². The third kappa shape index (κ3) is 4.33. The van der Waals surface area contributed by atoms with Crippen molar-refractivity contribution in [1.82, 2.24) is 0 Å². The van der Waals surface area contributed by atoms with Gasteiger partial charge in [-0.2, -0.15) is 0 Å². The average molecular weight is 305 g/mol. The molecule has 0 bridgehead atoms. The van der Waals surface area contributed by atoms with Crippen LogP contribution in [0.15, 0.2) is 23.1 Å². The second-order valence-electron chi connectivity index (χ2n) is 2.71. The van der Waals surface area contributed by atoms with E-state index in [1.54, 1.807) is 0 Å². The van der Waals surface area contributed by atoms with Gasteiger partial charge in [0.1, 0.15) is 10.1 Å². The Morgan fingerprint density at radius 2 is 1.65 bits per heavy atom. The standard InChI is InChI=1S/C8H4Cl2O5S.Na/c9-7(11)4-1-2-5(8(10)12)6(3-4)16(13,14)15;/h1-3H,(H,13,14,15);/q;+1/p-1. The molecule has 0 spiro atoms. The smallest absolute Gasteiger partial charge is 0.744 e. The van der Waals surface area contributed by atoms with Gasteiger partial charge in [0.2, 0.25) is 0 Å². The maximum atomic E-state index is 10.8. The molecule has 0 unspecified atom stereocenters. The predicted octanol–water partition coefficient (Wildman–Crippen LogP) is -1.65. The molecule has 0 aliphatic heterocycles. The van der Waals surface area contributed by atoms with E-state index in [1.807, 2.05) is 0 Å². The molecule has 0 amide bonds. The fraction of sp³-hybridized carbons (Fsp3) is 0. The molecule has 0 aliphatic rings. The third-order valence-corrected chi connectivity index (χ3v) is 2.99. The molecule has 0 heterocycles. The van der Waals surface area contributed by atoms with Crippen molar-refractivity contribution in [1.29, 1.82) is 0 Å². The predicted molar refractivity (Wildman–Crippen MR) is 54.8 cm³/mol. The first-order valence-corrected chi connectivity index (χ1v) is 5.89. The first-order chi connectivity index (χ1) is 7.23. The summed E-state index contributed by atoms with van der Waals surface area (Å²) < 4.78 is 32.4. The number of rotatable bonds is 3. The van der Waals surface area contributed by atoms with E-state index >= 15 is 0 Å². The van der Waals surface area contributed by atoms with Gasteiger partial charge >= 0.3 is 29.6 Å². The molecule has 0 fully saturated rings. The molecule has 1 rings (SSSR count). The SMILES string of the molecule is O=C(Cl)c1ccc(C(=O)Cl)c(S(=O)(=O)[O-])c1.[Na+]. The molecule has 0 aliphatic carbocycles. The number of halogens is 2. The second-order valence-corrected chi connectivity index (χ2v) is 4.75. The van der Waals surface area contributed by atoms with Gasteiger partial charge in [0.25, 0.3) is 10.5 Å². The molecule has 0 radical (unpaired) electrons. The van der Waals surface area contributed by atoms with Crippen LogP contribution >= 0.6 is 23.2 Å². The summed E-state index contributed by atoms with van der Waals surface area (Å²) in [6.07, 6.45) is 0. The van der Waals surface area contributed by atoms with Crippen LogP contribution in [0.3, 0.4) is 0 Å². The van der Waals surface area contributed by atoms with E-state index < -0.39 is 31.1 Å². The molecule has 0 atom stereocenters. The fourth-order valence-corrected chi connectivity index (χ4v) is 2.05. The van der Waals surface area contributed by atoms with Crippen molar-refractivity contribution in [2.24, 2.45) is 0 Å². The van der Waals surface area contributed by atoms with Crippen LogP contribution in [-0.4, -0.2) is 23.5 Å². The maximum absolute atomic E-state index is 10.8. The van der Waals surface area contributed by atoms with Crippen molar-refractivity contribution in [2.45, 2.75) is 4.90 Å². The van der Waals surface area contributed by atoms with Crippen LogP contribution in [0, 0.1) is 0 Å². The molecule has 0 aromatic heterocycles. The summed E-state index contributed by atoms with van der Waals surface area (Å²) in [7, 11) is -4.90. The Hall–Kier alpha value is 0.0500. The van der Waals surface area contributed by atoms with Crippen LogP contribution in [0.25, 0.3) is 0 Å². The maximum Gasteiger partial charge on any atom is 1.00 e. The zero-order valence-corrected chi connectivity index (χ0v) is 12.8. The van der Waals surface area contributed by atoms with E-state index in [9.17, 15) is 22.6 Å². The minimum absolute atomic E-state index is 0. The van der Waals surface area contributed by atoms with Crippen LogP contribution in [0.4, 0.5) is 0 Å². The van der Waals surface area contributed by atoms with Gasteiger partial charge in [-0.1, -0.05) is 0 Å². The molecule has 0 saturated heterocycles. The van der Waals surface area contributed by atoms with Gasteiger partial charge in [-0.25, -0.2) is 8.42 Å². The Labute approximate surface area is 129 Å². The summed E-state index contributed by atoms with van der Waals surface area (Å²) in [5.74, 6) is 0. The van der Waals surface area contributed by atoms with E-state index in [0.29, 0.717) is 6.07 Å². The third-order valence-electron chi connectivity index (χ3n) is 1.69. The Morgan fingerprint density at radius 1 is 1.12 bits per heavy atom. The molecule has 1 aromatic rings. The molecule has 86 valence electrons. The van der Waals surface area contributed by atoms with Gasteiger partial charge < -0.3 is 4.55 Å². The van der Waals surface area contributed by atoms with E-state index in [0.717, 1.165) is 12.1 Å². The quantitative estimate of drug-likeness (QED) is 0.379. The summed E-state index contributed by atoms with van der Waals surface area (Å²) in [6, 6.07) is 2.77. The number of carbonyl (C=O) groups excluding carboxylic acids is 2. The Bertz CT molecular complexity index is 569. The van der Waals surface area contributed by atoms with Gasteiger partial charge in [-0.3, -0.25) is 9.59 Å². The van der Waals surface area contributed by atoms with Crippen molar-refractivity contribution < 1.29 is 52.1 Å². The van der Waals surface area contributed by atoms with Crippen molar-refractivity contribution in [3.63, 3.8) is 0 Å². The second kappa shape index (κ2) is 6.29. The van der Waals surface area contributed by atoms with E-state index in [-0.39, 0.29) is 35.1 Å². The van der Waals surface area contributed by atoms with E-state index in [2.05, 4.69) is 0 Å². The van der Waals surface area contributed by atoms with Crippen LogP contribution < -0.4 is 29.6 Å². The monoisotopic (exact) mass is 304 g/mol. The summed E-state index contributed by atoms with van der Waals surface area (Å²) in [5.41, 5.74) is -0.698. The topological polar surface area (TPSA) is 91.3 Å². The van der Waals surface area contributed by atoms with Crippen molar-refractivity contribution in [3.8, 4) is 0 Å². The first-order valence-electron chi connectivity index (χ1n) is 3.73. The molecule has 0 N–H and O–H groups in total. The van der Waals surface area contributed by atoms with Crippen LogP contribution in [0.1, 0.15) is 20.7 Å². The number of carbonyl (C=O) groups is 2. The van der Waals surface area contributed by atoms with E-state index in [4.69, 9.17) is 23.2 Å². The summed E-state index contributed by atoms with van der Waals surface area (Å²) >= 11 is 10.2. The zero-order valence-electron chi connectivity index (χ0n) is 8.44. The molecule has 5 nitrogen and oxygen atoms in total. The summed E-state index contributed by atoms with van der Waals surface area (Å²) in [4.78, 5) is 20.7. The Kier molecular flexibility index (Phi) is 6.30. The summed E-state index contributed by atoms with van der Waals surface area (Å²) in [5, 5.41) is -2.05. The van der Waals surface area contributed by atoms with Crippen molar-refractivity contribution >= 4 is 43.8 Å². The van der Waals surface area contributed by atoms with Crippen LogP contribution in [0.2, 0.25) is 0 Å². The minimum atomic E-state index is -4.90. The molecule has 0 saturated carbocycles. The van der Waals surface area contributed by atoms with Gasteiger partial charge in [-0.05, 0) is 41.4 Å². The van der Waals surface area contributed by atoms with Crippen molar-refractivity contribution in [2.75, 3.05) is 0 Å². The normalized spacial score (nSPS) is 10.5. The molecular weight excluding hydrogens is 302 g/mol. The number of hydrogen-bond donors (Lipinski definition) is 0. The van der Waals surface area contributed by atoms with Gasteiger partial charge in [0.05, 0.1) is 10.5 Å². The van der Waals surface area contributed by atoms with E-state index in [1.165, 1.54) is 0 Å². The molecule has 9 heteroatoms. The molecular formula is C8H3Cl2NaO5S. The van der Waals surface area contributed by atoms with Gasteiger partial charge in [0.15, 0.2) is 0 Å². The Morgan fingerprint density at radius 3 is 2.00 bits per heavy atom. The Balaban J connectivity index is 0.00000256. The number of hydrogen-bond acceptors (Lipinski definition) is 5. The van der Waals surface area contributed by atoms with Gasteiger partial charge in [-0.15, -0.1) is 0 Å². The fourth-order valence-electron chi connectivity index (χ4n) is 1.01.